The van der Waals surface area contributed by atoms with Crippen molar-refractivity contribution in [2.45, 2.75) is 90.4 Å². The third-order valence-electron chi connectivity index (χ3n) is 6.83. The van der Waals surface area contributed by atoms with Crippen molar-refractivity contribution in [3.63, 3.8) is 0 Å². The Morgan fingerprint density at radius 3 is 2.33 bits per heavy atom. The van der Waals surface area contributed by atoms with Gasteiger partial charge in [-0.1, -0.05) is 89.3 Å². The minimum Gasteiger partial charge on any atom is -0.256 e. The van der Waals surface area contributed by atoms with E-state index in [0.29, 0.717) is 5.56 Å². The number of pyridine rings is 1. The Labute approximate surface area is 183 Å². The molecule has 1 aromatic heterocycles. The molecule has 1 fully saturated rings. The Bertz CT molecular complexity index is 770. The number of hydrogen-bond donors (Lipinski definition) is 0. The van der Waals surface area contributed by atoms with Crippen LogP contribution in [0.3, 0.4) is 0 Å². The fourth-order valence-corrected chi connectivity index (χ4v) is 4.97. The second kappa shape index (κ2) is 12.5. The van der Waals surface area contributed by atoms with Gasteiger partial charge >= 0.3 is 0 Å². The first-order valence-electron chi connectivity index (χ1n) is 12.2. The summed E-state index contributed by atoms with van der Waals surface area (Å²) >= 11 is 0. The zero-order valence-electron chi connectivity index (χ0n) is 18.8. The molecule has 0 amide bonds. The summed E-state index contributed by atoms with van der Waals surface area (Å²) in [5.74, 6) is 1.88. The highest BCUT2D eigenvalue weighted by molar-refractivity contribution is 5.60. The van der Waals surface area contributed by atoms with Crippen LogP contribution in [-0.2, 0) is 6.42 Å². The summed E-state index contributed by atoms with van der Waals surface area (Å²) in [6.07, 6.45) is 20.3. The standard InChI is InChI=1S/C28H38N2/c1-2-3-4-5-6-7-9-23-10-8-11-24(20-23)12-13-26-16-19-28(30-22-26)27-17-14-25(21-29)15-18-27/h14-19,22-24H,2-13,20H2,1H3. The molecule has 1 aliphatic carbocycles. The highest BCUT2D eigenvalue weighted by Gasteiger charge is 2.21. The lowest BCUT2D eigenvalue weighted by molar-refractivity contribution is 0.239. The van der Waals surface area contributed by atoms with Crippen molar-refractivity contribution in [1.29, 1.82) is 5.26 Å². The van der Waals surface area contributed by atoms with E-state index in [1.807, 2.05) is 30.5 Å². The number of unbranched alkanes of at least 4 members (excludes halogenated alkanes) is 5. The fraction of sp³-hybridized carbons (Fsp3) is 0.571. The van der Waals surface area contributed by atoms with E-state index in [1.165, 1.54) is 82.6 Å². The molecule has 0 saturated heterocycles. The van der Waals surface area contributed by atoms with Crippen molar-refractivity contribution in [3.05, 3.63) is 53.7 Å². The number of nitriles is 1. The summed E-state index contributed by atoms with van der Waals surface area (Å²) in [6.45, 7) is 2.29. The lowest BCUT2D eigenvalue weighted by atomic mass is 9.77. The summed E-state index contributed by atoms with van der Waals surface area (Å²) in [4.78, 5) is 4.67. The smallest absolute Gasteiger partial charge is 0.0991 e. The molecule has 1 aliphatic rings. The van der Waals surface area contributed by atoms with Gasteiger partial charge in [0.2, 0.25) is 0 Å². The summed E-state index contributed by atoms with van der Waals surface area (Å²) in [7, 11) is 0. The average Bonchev–Trinajstić information content (AvgIpc) is 2.81. The van der Waals surface area contributed by atoms with Crippen LogP contribution in [0.25, 0.3) is 11.3 Å². The summed E-state index contributed by atoms with van der Waals surface area (Å²) in [5, 5.41) is 8.93. The van der Waals surface area contributed by atoms with Crippen LogP contribution in [0, 0.1) is 23.2 Å². The van der Waals surface area contributed by atoms with Gasteiger partial charge in [-0.25, -0.2) is 0 Å². The van der Waals surface area contributed by atoms with E-state index in [4.69, 9.17) is 5.26 Å². The number of aryl methyl sites for hydroxylation is 1. The van der Waals surface area contributed by atoms with Crippen LogP contribution < -0.4 is 0 Å². The molecule has 2 heteroatoms. The topological polar surface area (TPSA) is 36.7 Å². The summed E-state index contributed by atoms with van der Waals surface area (Å²) in [5.41, 5.74) is 4.10. The molecule has 0 spiro atoms. The molecule has 0 radical (unpaired) electrons. The predicted octanol–water partition coefficient (Wildman–Crippen LogP) is 8.11. The maximum absolute atomic E-state index is 8.93. The third kappa shape index (κ3) is 7.28. The van der Waals surface area contributed by atoms with Crippen molar-refractivity contribution in [3.8, 4) is 17.3 Å². The van der Waals surface area contributed by atoms with E-state index in [-0.39, 0.29) is 0 Å². The van der Waals surface area contributed by atoms with Crippen molar-refractivity contribution in [2.24, 2.45) is 11.8 Å². The molecule has 0 aliphatic heterocycles. The molecule has 1 saturated carbocycles. The van der Waals surface area contributed by atoms with Gasteiger partial charge in [-0.05, 0) is 54.9 Å². The number of hydrogen-bond acceptors (Lipinski definition) is 2. The SMILES string of the molecule is CCCCCCCCC1CCCC(CCc2ccc(-c3ccc(C#N)cc3)nc2)C1. The minimum atomic E-state index is 0.692. The molecule has 0 N–H and O–H groups in total. The van der Waals surface area contributed by atoms with Crippen LogP contribution in [0.15, 0.2) is 42.6 Å². The van der Waals surface area contributed by atoms with Crippen molar-refractivity contribution >= 4 is 0 Å². The van der Waals surface area contributed by atoms with Crippen LogP contribution in [0.1, 0.15) is 95.1 Å². The molecule has 2 unspecified atom stereocenters. The van der Waals surface area contributed by atoms with Gasteiger partial charge in [-0.2, -0.15) is 5.26 Å². The molecule has 1 heterocycles. The van der Waals surface area contributed by atoms with Crippen LogP contribution in [0.4, 0.5) is 0 Å². The van der Waals surface area contributed by atoms with Crippen LogP contribution >= 0.6 is 0 Å². The molecule has 30 heavy (non-hydrogen) atoms. The van der Waals surface area contributed by atoms with Gasteiger partial charge in [-0.15, -0.1) is 0 Å². The normalized spacial score (nSPS) is 18.8. The Hall–Kier alpha value is -2.14. The molecule has 1 aromatic carbocycles. The fourth-order valence-electron chi connectivity index (χ4n) is 4.97. The zero-order valence-corrected chi connectivity index (χ0v) is 18.8. The Kier molecular flexibility index (Phi) is 9.42. The Morgan fingerprint density at radius 2 is 1.63 bits per heavy atom. The third-order valence-corrected chi connectivity index (χ3v) is 6.83. The van der Waals surface area contributed by atoms with E-state index in [1.54, 1.807) is 0 Å². The van der Waals surface area contributed by atoms with E-state index in [2.05, 4.69) is 30.1 Å². The highest BCUT2D eigenvalue weighted by Crippen LogP contribution is 2.35. The highest BCUT2D eigenvalue weighted by atomic mass is 14.7. The first-order valence-corrected chi connectivity index (χ1v) is 12.2. The van der Waals surface area contributed by atoms with E-state index in [9.17, 15) is 0 Å². The molecule has 2 atom stereocenters. The quantitative estimate of drug-likeness (QED) is 0.356. The number of rotatable bonds is 11. The van der Waals surface area contributed by atoms with Crippen LogP contribution in [0.2, 0.25) is 0 Å². The number of aromatic nitrogens is 1. The molecular formula is C28H38N2. The first-order chi connectivity index (χ1) is 14.8. The molecule has 3 rings (SSSR count). The van der Waals surface area contributed by atoms with Crippen molar-refractivity contribution in [1.82, 2.24) is 4.98 Å². The van der Waals surface area contributed by atoms with Crippen molar-refractivity contribution in [2.75, 3.05) is 0 Å². The average molecular weight is 403 g/mol. The number of benzene rings is 1. The lowest BCUT2D eigenvalue weighted by Crippen LogP contribution is -2.16. The largest absolute Gasteiger partial charge is 0.256 e. The predicted molar refractivity (Wildman–Crippen MR) is 126 cm³/mol. The molecule has 0 bridgehead atoms. The van der Waals surface area contributed by atoms with E-state index in [0.717, 1.165) is 29.5 Å². The maximum Gasteiger partial charge on any atom is 0.0991 e. The second-order valence-corrected chi connectivity index (χ2v) is 9.23. The molecular weight excluding hydrogens is 364 g/mol. The van der Waals surface area contributed by atoms with Gasteiger partial charge in [0.15, 0.2) is 0 Å². The van der Waals surface area contributed by atoms with Gasteiger partial charge < -0.3 is 0 Å². The zero-order chi connectivity index (χ0) is 21.0. The molecule has 2 nitrogen and oxygen atoms in total. The molecule has 160 valence electrons. The first kappa shape index (κ1) is 22.5. The maximum atomic E-state index is 8.93. The van der Waals surface area contributed by atoms with Gasteiger partial charge in [-0.3, -0.25) is 4.98 Å². The minimum absolute atomic E-state index is 0.692. The van der Waals surface area contributed by atoms with E-state index >= 15 is 0 Å². The summed E-state index contributed by atoms with van der Waals surface area (Å²) < 4.78 is 0. The lowest BCUT2D eigenvalue weighted by Gasteiger charge is -2.29. The summed E-state index contributed by atoms with van der Waals surface area (Å²) in [6, 6.07) is 14.2. The van der Waals surface area contributed by atoms with Gasteiger partial charge in [0.05, 0.1) is 17.3 Å². The monoisotopic (exact) mass is 402 g/mol. The second-order valence-electron chi connectivity index (χ2n) is 9.23. The Morgan fingerprint density at radius 1 is 0.900 bits per heavy atom. The van der Waals surface area contributed by atoms with Gasteiger partial charge in [0, 0.05) is 11.8 Å². The van der Waals surface area contributed by atoms with Crippen molar-refractivity contribution < 1.29 is 0 Å². The van der Waals surface area contributed by atoms with Gasteiger partial charge in [0.25, 0.3) is 0 Å². The van der Waals surface area contributed by atoms with Gasteiger partial charge in [0.1, 0.15) is 0 Å². The Balaban J connectivity index is 1.39. The molecule has 2 aromatic rings. The van der Waals surface area contributed by atoms with Crippen LogP contribution in [0.5, 0.6) is 0 Å². The van der Waals surface area contributed by atoms with Crippen LogP contribution in [-0.4, -0.2) is 4.98 Å². The van der Waals surface area contributed by atoms with E-state index < -0.39 is 0 Å². The number of nitrogens with zero attached hydrogens (tertiary/aromatic N) is 2.